The van der Waals surface area contributed by atoms with E-state index in [0.29, 0.717) is 34.2 Å². The molecule has 6 nitrogen and oxygen atoms in total. The molecule has 0 amide bonds. The molecule has 0 aromatic heterocycles. The van der Waals surface area contributed by atoms with Gasteiger partial charge in [-0.1, -0.05) is 47.5 Å². The van der Waals surface area contributed by atoms with Crippen LogP contribution in [0.1, 0.15) is 29.2 Å². The zero-order chi connectivity index (χ0) is 22.9. The van der Waals surface area contributed by atoms with Gasteiger partial charge in [0.2, 0.25) is 0 Å². The molecule has 0 spiro atoms. The van der Waals surface area contributed by atoms with Crippen molar-refractivity contribution in [2.75, 3.05) is 14.2 Å². The predicted octanol–water partition coefficient (Wildman–Crippen LogP) is 5.21. The highest BCUT2D eigenvalue weighted by Crippen LogP contribution is 2.40. The molecule has 0 saturated heterocycles. The van der Waals surface area contributed by atoms with Gasteiger partial charge in [-0.3, -0.25) is 0 Å². The van der Waals surface area contributed by atoms with E-state index in [1.54, 1.807) is 56.7 Å². The van der Waals surface area contributed by atoms with Crippen molar-refractivity contribution in [3.63, 3.8) is 0 Å². The smallest absolute Gasteiger partial charge is 0.279 e. The summed E-state index contributed by atoms with van der Waals surface area (Å²) >= 11 is 6.46. The number of benzene rings is 3. The Morgan fingerprint density at radius 1 is 0.969 bits per heavy atom. The molecule has 3 aromatic rings. The number of sulfonamides is 1. The van der Waals surface area contributed by atoms with Gasteiger partial charge in [-0.2, -0.15) is 17.9 Å². The molecule has 32 heavy (non-hydrogen) atoms. The highest BCUT2D eigenvalue weighted by atomic mass is 35.5. The Morgan fingerprint density at radius 2 is 1.66 bits per heavy atom. The highest BCUT2D eigenvalue weighted by Gasteiger charge is 2.38. The van der Waals surface area contributed by atoms with Crippen molar-refractivity contribution in [1.82, 2.24) is 4.41 Å². The number of rotatable bonds is 6. The third-order valence-electron chi connectivity index (χ3n) is 5.42. The number of ether oxygens (including phenoxy) is 2. The van der Waals surface area contributed by atoms with Gasteiger partial charge < -0.3 is 9.47 Å². The summed E-state index contributed by atoms with van der Waals surface area (Å²) in [4.78, 5) is 0.178. The minimum absolute atomic E-state index is 0.178. The van der Waals surface area contributed by atoms with Crippen LogP contribution in [0, 0.1) is 6.92 Å². The van der Waals surface area contributed by atoms with Crippen molar-refractivity contribution in [1.29, 1.82) is 0 Å². The van der Waals surface area contributed by atoms with Crippen LogP contribution in [0.4, 0.5) is 0 Å². The number of aryl methyl sites for hydroxylation is 1. The van der Waals surface area contributed by atoms with Crippen molar-refractivity contribution in [3.05, 3.63) is 88.4 Å². The molecule has 1 aliphatic heterocycles. The quantitative estimate of drug-likeness (QED) is 0.496. The average Bonchev–Trinajstić information content (AvgIpc) is 3.25. The number of hydrogen-bond donors (Lipinski definition) is 0. The van der Waals surface area contributed by atoms with E-state index in [-0.39, 0.29) is 4.90 Å². The predicted molar refractivity (Wildman–Crippen MR) is 125 cm³/mol. The van der Waals surface area contributed by atoms with Crippen LogP contribution in [-0.4, -0.2) is 32.8 Å². The summed E-state index contributed by atoms with van der Waals surface area (Å²) in [5.74, 6) is 1.13. The fourth-order valence-corrected chi connectivity index (χ4v) is 5.38. The Kier molecular flexibility index (Phi) is 6.13. The molecule has 0 unspecified atom stereocenters. The molecule has 0 fully saturated rings. The van der Waals surface area contributed by atoms with Crippen LogP contribution in [-0.2, 0) is 10.0 Å². The maximum Gasteiger partial charge on any atom is 0.279 e. The third-order valence-corrected chi connectivity index (χ3v) is 7.46. The molecule has 8 heteroatoms. The lowest BCUT2D eigenvalue weighted by Crippen LogP contribution is -2.27. The number of methoxy groups -OCH3 is 2. The largest absolute Gasteiger partial charge is 0.493 e. The summed E-state index contributed by atoms with van der Waals surface area (Å²) in [5.41, 5.74) is 3.04. The van der Waals surface area contributed by atoms with E-state index in [1.807, 2.05) is 31.2 Å². The van der Waals surface area contributed by atoms with Gasteiger partial charge in [0, 0.05) is 17.0 Å². The molecule has 1 atom stereocenters. The summed E-state index contributed by atoms with van der Waals surface area (Å²) in [5, 5.41) is 5.06. The molecule has 0 aliphatic carbocycles. The fourth-order valence-electron chi connectivity index (χ4n) is 3.70. The first-order valence-corrected chi connectivity index (χ1v) is 11.8. The molecular weight excluding hydrogens is 448 g/mol. The van der Waals surface area contributed by atoms with E-state index in [1.165, 1.54) is 4.41 Å². The molecule has 3 aromatic carbocycles. The Labute approximate surface area is 193 Å². The Balaban J connectivity index is 1.82. The second kappa shape index (κ2) is 8.84. The van der Waals surface area contributed by atoms with Crippen LogP contribution >= 0.6 is 11.6 Å². The number of halogens is 1. The zero-order valence-electron chi connectivity index (χ0n) is 17.9. The number of hydrazone groups is 1. The molecule has 1 aliphatic rings. The summed E-state index contributed by atoms with van der Waals surface area (Å²) in [6, 6.07) is 18.8. The van der Waals surface area contributed by atoms with Gasteiger partial charge in [-0.25, -0.2) is 0 Å². The first-order valence-electron chi connectivity index (χ1n) is 10.0. The van der Waals surface area contributed by atoms with Crippen LogP contribution in [0.5, 0.6) is 11.5 Å². The molecule has 0 radical (unpaired) electrons. The minimum Gasteiger partial charge on any atom is -0.493 e. The molecular formula is C24H23ClN2O4S. The highest BCUT2D eigenvalue weighted by molar-refractivity contribution is 7.89. The van der Waals surface area contributed by atoms with E-state index in [4.69, 9.17) is 21.1 Å². The van der Waals surface area contributed by atoms with Gasteiger partial charge >= 0.3 is 0 Å². The van der Waals surface area contributed by atoms with Crippen molar-refractivity contribution in [2.24, 2.45) is 5.10 Å². The van der Waals surface area contributed by atoms with Gasteiger partial charge in [-0.15, -0.1) is 0 Å². The van der Waals surface area contributed by atoms with E-state index >= 15 is 0 Å². The van der Waals surface area contributed by atoms with Crippen molar-refractivity contribution >= 4 is 27.3 Å². The molecule has 166 valence electrons. The van der Waals surface area contributed by atoms with Gasteiger partial charge in [0.05, 0.1) is 30.9 Å². The van der Waals surface area contributed by atoms with Gasteiger partial charge in [0.1, 0.15) is 0 Å². The zero-order valence-corrected chi connectivity index (χ0v) is 19.5. The average molecular weight is 471 g/mol. The second-order valence-electron chi connectivity index (χ2n) is 7.45. The Hall–Kier alpha value is -3.03. The van der Waals surface area contributed by atoms with Crippen LogP contribution in [0.2, 0.25) is 5.02 Å². The van der Waals surface area contributed by atoms with E-state index in [2.05, 4.69) is 5.10 Å². The molecule has 4 rings (SSSR count). The van der Waals surface area contributed by atoms with Gasteiger partial charge in [0.25, 0.3) is 10.0 Å². The first-order chi connectivity index (χ1) is 15.3. The minimum atomic E-state index is -3.91. The monoisotopic (exact) mass is 470 g/mol. The normalized spacial score (nSPS) is 16.1. The lowest BCUT2D eigenvalue weighted by Gasteiger charge is -2.24. The number of nitrogens with zero attached hydrogens (tertiary/aromatic N) is 2. The molecule has 0 bridgehead atoms. The summed E-state index contributed by atoms with van der Waals surface area (Å²) in [7, 11) is -0.790. The maximum absolute atomic E-state index is 13.6. The van der Waals surface area contributed by atoms with E-state index in [0.717, 1.165) is 11.1 Å². The van der Waals surface area contributed by atoms with Gasteiger partial charge in [0.15, 0.2) is 11.5 Å². The van der Waals surface area contributed by atoms with Crippen LogP contribution in [0.3, 0.4) is 0 Å². The van der Waals surface area contributed by atoms with Crippen molar-refractivity contribution in [2.45, 2.75) is 24.3 Å². The van der Waals surface area contributed by atoms with Gasteiger partial charge in [-0.05, 0) is 48.9 Å². The third kappa shape index (κ3) is 4.06. The van der Waals surface area contributed by atoms with Crippen molar-refractivity contribution < 1.29 is 17.9 Å². The SMILES string of the molecule is COc1ccc(C2=NN(S(=O)(=O)c3ccc(C)cc3)[C@H](c3ccccc3Cl)C2)cc1OC. The topological polar surface area (TPSA) is 68.2 Å². The first kappa shape index (κ1) is 22.2. The summed E-state index contributed by atoms with van der Waals surface area (Å²) < 4.78 is 39.0. The molecule has 0 saturated carbocycles. The summed E-state index contributed by atoms with van der Waals surface area (Å²) in [6.45, 7) is 1.91. The van der Waals surface area contributed by atoms with E-state index < -0.39 is 16.1 Å². The lowest BCUT2D eigenvalue weighted by molar-refractivity contribution is 0.355. The second-order valence-corrected chi connectivity index (χ2v) is 9.65. The van der Waals surface area contributed by atoms with E-state index in [9.17, 15) is 8.42 Å². The van der Waals surface area contributed by atoms with Crippen LogP contribution in [0.15, 0.2) is 76.7 Å². The fraction of sp³-hybridized carbons (Fsp3) is 0.208. The molecule has 0 N–H and O–H groups in total. The Bertz CT molecular complexity index is 1270. The lowest BCUT2D eigenvalue weighted by atomic mass is 9.99. The standard InChI is InChI=1S/C24H23ClN2O4S/c1-16-8-11-18(12-9-16)32(28,29)27-22(19-6-4-5-7-20(19)25)15-21(26-27)17-10-13-23(30-2)24(14-17)31-3/h4-14,22H,15H2,1-3H3/t22-/m0/s1. The maximum atomic E-state index is 13.6. The molecule has 1 heterocycles. The summed E-state index contributed by atoms with van der Waals surface area (Å²) in [6.07, 6.45) is 0.365. The van der Waals surface area contributed by atoms with Crippen molar-refractivity contribution in [3.8, 4) is 11.5 Å². The van der Waals surface area contributed by atoms with Crippen LogP contribution < -0.4 is 9.47 Å². The van der Waals surface area contributed by atoms with Crippen LogP contribution in [0.25, 0.3) is 0 Å². The Morgan fingerprint density at radius 3 is 2.31 bits per heavy atom. The number of hydrogen-bond acceptors (Lipinski definition) is 5.